The molecule has 2 aliphatic rings. The number of benzene rings is 1. The summed E-state index contributed by atoms with van der Waals surface area (Å²) in [6.45, 7) is 4.63. The molecule has 3 rings (SSSR count). The minimum absolute atomic E-state index is 0.0960. The zero-order valence-electron chi connectivity index (χ0n) is 11.6. The number of rotatable bonds is 2. The van der Waals surface area contributed by atoms with Crippen molar-refractivity contribution in [3.05, 3.63) is 24.3 Å². The Morgan fingerprint density at radius 1 is 1.16 bits per heavy atom. The lowest BCUT2D eigenvalue weighted by molar-refractivity contribution is 0.0554. The van der Waals surface area contributed by atoms with Crippen molar-refractivity contribution in [2.24, 2.45) is 5.73 Å². The topological polar surface area (TPSA) is 41.7 Å². The molecular weight excluding hydrogens is 238 g/mol. The van der Waals surface area contributed by atoms with Gasteiger partial charge >= 0.3 is 0 Å². The van der Waals surface area contributed by atoms with Gasteiger partial charge in [0.2, 0.25) is 0 Å². The van der Waals surface area contributed by atoms with Crippen LogP contribution in [0.15, 0.2) is 24.3 Å². The van der Waals surface area contributed by atoms with Gasteiger partial charge in [-0.2, -0.15) is 0 Å². The smallest absolute Gasteiger partial charge is 0.0605 e. The second-order valence-electron chi connectivity index (χ2n) is 5.81. The van der Waals surface area contributed by atoms with E-state index in [1.807, 2.05) is 0 Å². The Hall–Kier alpha value is -1.26. The monoisotopic (exact) mass is 261 g/mol. The maximum atomic E-state index is 6.55. The first-order valence-corrected chi connectivity index (χ1v) is 7.10. The number of nitrogens with zero attached hydrogens (tertiary/aromatic N) is 2. The SMILES string of the molecule is CN1CCN(CC2(N)CCOCC2)c2ccccc21. The summed E-state index contributed by atoms with van der Waals surface area (Å²) in [7, 11) is 2.16. The van der Waals surface area contributed by atoms with Gasteiger partial charge in [-0.25, -0.2) is 0 Å². The Morgan fingerprint density at radius 2 is 1.84 bits per heavy atom. The number of para-hydroxylation sites is 2. The van der Waals surface area contributed by atoms with Crippen LogP contribution in [0.25, 0.3) is 0 Å². The van der Waals surface area contributed by atoms with E-state index in [-0.39, 0.29) is 5.54 Å². The third-order valence-electron chi connectivity index (χ3n) is 4.33. The maximum absolute atomic E-state index is 6.55. The molecule has 0 aromatic heterocycles. The van der Waals surface area contributed by atoms with Crippen molar-refractivity contribution in [1.82, 2.24) is 0 Å². The zero-order chi connectivity index (χ0) is 13.3. The van der Waals surface area contributed by atoms with E-state index in [0.717, 1.165) is 45.7 Å². The van der Waals surface area contributed by atoms with Crippen LogP contribution in [0, 0.1) is 0 Å². The van der Waals surface area contributed by atoms with Gasteiger partial charge in [0.25, 0.3) is 0 Å². The van der Waals surface area contributed by atoms with Gasteiger partial charge in [0, 0.05) is 45.4 Å². The third kappa shape index (κ3) is 2.55. The molecule has 4 nitrogen and oxygen atoms in total. The van der Waals surface area contributed by atoms with Gasteiger partial charge in [0.05, 0.1) is 11.4 Å². The molecular formula is C15H23N3O. The van der Waals surface area contributed by atoms with E-state index < -0.39 is 0 Å². The average molecular weight is 261 g/mol. The first-order valence-electron chi connectivity index (χ1n) is 7.10. The Morgan fingerprint density at radius 3 is 2.58 bits per heavy atom. The molecule has 104 valence electrons. The predicted octanol–water partition coefficient (Wildman–Crippen LogP) is 1.45. The number of hydrogen-bond donors (Lipinski definition) is 1. The van der Waals surface area contributed by atoms with Crippen molar-refractivity contribution in [3.63, 3.8) is 0 Å². The highest BCUT2D eigenvalue weighted by molar-refractivity contribution is 5.73. The summed E-state index contributed by atoms with van der Waals surface area (Å²) in [5.41, 5.74) is 9.07. The lowest BCUT2D eigenvalue weighted by atomic mass is 9.90. The second-order valence-corrected chi connectivity index (χ2v) is 5.81. The quantitative estimate of drug-likeness (QED) is 0.875. The second kappa shape index (κ2) is 5.02. The molecule has 2 heterocycles. The van der Waals surface area contributed by atoms with Gasteiger partial charge in [-0.15, -0.1) is 0 Å². The van der Waals surface area contributed by atoms with Crippen LogP contribution >= 0.6 is 0 Å². The van der Waals surface area contributed by atoms with Crippen LogP contribution in [0.3, 0.4) is 0 Å². The van der Waals surface area contributed by atoms with Crippen LogP contribution in [-0.2, 0) is 4.74 Å². The van der Waals surface area contributed by atoms with Crippen LogP contribution in [-0.4, -0.2) is 45.4 Å². The summed E-state index contributed by atoms with van der Waals surface area (Å²) in [6, 6.07) is 8.60. The molecule has 0 bridgehead atoms. The minimum atomic E-state index is -0.0960. The molecule has 1 fully saturated rings. The molecule has 4 heteroatoms. The van der Waals surface area contributed by atoms with Crippen molar-refractivity contribution >= 4 is 11.4 Å². The highest BCUT2D eigenvalue weighted by atomic mass is 16.5. The molecule has 1 aromatic carbocycles. The Balaban J connectivity index is 1.80. The van der Waals surface area contributed by atoms with E-state index in [1.165, 1.54) is 11.4 Å². The molecule has 0 radical (unpaired) electrons. The molecule has 19 heavy (non-hydrogen) atoms. The Kier molecular flexibility index (Phi) is 3.37. The Bertz CT molecular complexity index is 443. The highest BCUT2D eigenvalue weighted by Gasteiger charge is 2.32. The van der Waals surface area contributed by atoms with Crippen LogP contribution in [0.5, 0.6) is 0 Å². The van der Waals surface area contributed by atoms with Crippen LogP contribution in [0.2, 0.25) is 0 Å². The van der Waals surface area contributed by atoms with Crippen molar-refractivity contribution in [3.8, 4) is 0 Å². The van der Waals surface area contributed by atoms with Crippen LogP contribution in [0.1, 0.15) is 12.8 Å². The average Bonchev–Trinajstić information content (AvgIpc) is 2.43. The van der Waals surface area contributed by atoms with Gasteiger partial charge in [-0.1, -0.05) is 12.1 Å². The fourth-order valence-corrected chi connectivity index (χ4v) is 3.05. The Labute approximate surface area is 115 Å². The van der Waals surface area contributed by atoms with Gasteiger partial charge < -0.3 is 20.3 Å². The summed E-state index contributed by atoms with van der Waals surface area (Å²) in [5.74, 6) is 0. The summed E-state index contributed by atoms with van der Waals surface area (Å²) in [4.78, 5) is 4.76. The number of likely N-dealkylation sites (N-methyl/N-ethyl adjacent to an activating group) is 1. The molecule has 0 saturated carbocycles. The predicted molar refractivity (Wildman–Crippen MR) is 78.9 cm³/mol. The van der Waals surface area contributed by atoms with Crippen molar-refractivity contribution in [2.75, 3.05) is 49.7 Å². The fraction of sp³-hybridized carbons (Fsp3) is 0.600. The molecule has 0 atom stereocenters. The van der Waals surface area contributed by atoms with Crippen molar-refractivity contribution < 1.29 is 4.74 Å². The molecule has 0 amide bonds. The number of ether oxygens (including phenoxy) is 1. The van der Waals surface area contributed by atoms with Gasteiger partial charge in [0.1, 0.15) is 0 Å². The third-order valence-corrected chi connectivity index (χ3v) is 4.33. The molecule has 0 spiro atoms. The van der Waals surface area contributed by atoms with Gasteiger partial charge in [0.15, 0.2) is 0 Å². The van der Waals surface area contributed by atoms with E-state index in [2.05, 4.69) is 41.1 Å². The maximum Gasteiger partial charge on any atom is 0.0605 e. The van der Waals surface area contributed by atoms with E-state index in [1.54, 1.807) is 0 Å². The first-order chi connectivity index (χ1) is 9.18. The summed E-state index contributed by atoms with van der Waals surface area (Å²) in [6.07, 6.45) is 1.92. The minimum Gasteiger partial charge on any atom is -0.381 e. The highest BCUT2D eigenvalue weighted by Crippen LogP contribution is 2.33. The molecule has 1 aromatic rings. The lowest BCUT2D eigenvalue weighted by Crippen LogP contribution is -2.55. The molecule has 0 aliphatic carbocycles. The van der Waals surface area contributed by atoms with Gasteiger partial charge in [-0.3, -0.25) is 0 Å². The zero-order valence-corrected chi connectivity index (χ0v) is 11.6. The number of hydrogen-bond acceptors (Lipinski definition) is 4. The van der Waals surface area contributed by atoms with Crippen LogP contribution in [0.4, 0.5) is 11.4 Å². The molecule has 2 aliphatic heterocycles. The molecule has 0 unspecified atom stereocenters. The largest absolute Gasteiger partial charge is 0.381 e. The fourth-order valence-electron chi connectivity index (χ4n) is 3.05. The summed E-state index contributed by atoms with van der Waals surface area (Å²) in [5, 5.41) is 0. The van der Waals surface area contributed by atoms with Crippen molar-refractivity contribution in [2.45, 2.75) is 18.4 Å². The standard InChI is InChI=1S/C15H23N3O/c1-17-8-9-18(14-5-3-2-4-13(14)17)12-15(16)6-10-19-11-7-15/h2-5H,6-12,16H2,1H3. The van der Waals surface area contributed by atoms with Crippen molar-refractivity contribution in [1.29, 1.82) is 0 Å². The number of nitrogens with two attached hydrogens (primary N) is 1. The first kappa shape index (κ1) is 12.8. The summed E-state index contributed by atoms with van der Waals surface area (Å²) >= 11 is 0. The number of fused-ring (bicyclic) bond motifs is 1. The lowest BCUT2D eigenvalue weighted by Gasteiger charge is -2.43. The van der Waals surface area contributed by atoms with Gasteiger partial charge in [-0.05, 0) is 25.0 Å². The van der Waals surface area contributed by atoms with E-state index in [9.17, 15) is 0 Å². The normalized spacial score (nSPS) is 22.2. The van der Waals surface area contributed by atoms with E-state index >= 15 is 0 Å². The summed E-state index contributed by atoms with van der Waals surface area (Å²) < 4.78 is 5.43. The number of anilines is 2. The molecule has 1 saturated heterocycles. The van der Waals surface area contributed by atoms with Crippen LogP contribution < -0.4 is 15.5 Å². The van der Waals surface area contributed by atoms with E-state index in [0.29, 0.717) is 0 Å². The van der Waals surface area contributed by atoms with E-state index in [4.69, 9.17) is 10.5 Å². The molecule has 2 N–H and O–H groups in total.